The molecule has 0 saturated heterocycles. The number of pyridine rings is 1. The monoisotopic (exact) mass is 405 g/mol. The van der Waals surface area contributed by atoms with Crippen LogP contribution in [0, 0.1) is 17.0 Å². The summed E-state index contributed by atoms with van der Waals surface area (Å²) in [5.41, 5.74) is 2.88. The average molecular weight is 405 g/mol. The Morgan fingerprint density at radius 3 is 2.72 bits per heavy atom. The maximum Gasteiger partial charge on any atom is 0.433 e. The molecule has 0 aliphatic heterocycles. The van der Waals surface area contributed by atoms with Gasteiger partial charge in [-0.25, -0.2) is 0 Å². The lowest BCUT2D eigenvalue weighted by molar-refractivity contribution is -0.402. The summed E-state index contributed by atoms with van der Waals surface area (Å²) in [6.07, 6.45) is 5.10. The van der Waals surface area contributed by atoms with Crippen LogP contribution in [0.4, 0.5) is 5.88 Å². The molecule has 9 heteroatoms. The number of aromatic nitrogens is 4. The van der Waals surface area contributed by atoms with Gasteiger partial charge in [0.1, 0.15) is 10.7 Å². The highest BCUT2D eigenvalue weighted by Gasteiger charge is 2.17. The Morgan fingerprint density at radius 2 is 2.00 bits per heavy atom. The van der Waals surface area contributed by atoms with Crippen LogP contribution in [0.1, 0.15) is 11.3 Å². The first-order chi connectivity index (χ1) is 14.1. The van der Waals surface area contributed by atoms with Crippen molar-refractivity contribution in [2.24, 2.45) is 0 Å². The number of nitro groups is 1. The molecule has 0 aliphatic carbocycles. The van der Waals surface area contributed by atoms with Crippen molar-refractivity contribution in [2.45, 2.75) is 12.1 Å². The van der Waals surface area contributed by atoms with Crippen molar-refractivity contribution in [3.8, 4) is 17.1 Å². The molecule has 8 nitrogen and oxygen atoms in total. The molecule has 0 N–H and O–H groups in total. The fourth-order valence-corrected chi connectivity index (χ4v) is 3.45. The molecule has 0 aliphatic rings. The van der Waals surface area contributed by atoms with Crippen LogP contribution in [-0.2, 0) is 0 Å². The van der Waals surface area contributed by atoms with E-state index in [0.717, 1.165) is 16.8 Å². The van der Waals surface area contributed by atoms with Gasteiger partial charge in [0.25, 0.3) is 0 Å². The molecule has 0 amide bonds. The summed E-state index contributed by atoms with van der Waals surface area (Å²) in [4.78, 5) is 14.3. The van der Waals surface area contributed by atoms with Gasteiger partial charge in [-0.1, -0.05) is 30.0 Å². The molecular weight excluding hydrogens is 390 g/mol. The summed E-state index contributed by atoms with van der Waals surface area (Å²) >= 11 is 1.34. The zero-order chi connectivity index (χ0) is 20.2. The third kappa shape index (κ3) is 3.94. The van der Waals surface area contributed by atoms with Gasteiger partial charge in [-0.2, -0.15) is 0 Å². The van der Waals surface area contributed by atoms with E-state index in [4.69, 9.17) is 4.42 Å². The normalized spacial score (nSPS) is 11.2. The number of hydrogen-bond acceptors (Lipinski definition) is 7. The van der Waals surface area contributed by atoms with Crippen LogP contribution < -0.4 is 0 Å². The maximum absolute atomic E-state index is 10.7. The second-order valence-corrected chi connectivity index (χ2v) is 6.90. The standard InChI is InChI=1S/C20H15N5O3S/c1-14-5-2-3-7-17(14)24-19(15-6-4-11-21-13-15)22-23-20(24)29-12-10-16-8-9-18(28-16)25(26)27/h2-13H,1H3/b12-10+. The highest BCUT2D eigenvalue weighted by atomic mass is 32.2. The molecular formula is C20H15N5O3S. The topological polar surface area (TPSA) is 99.9 Å². The summed E-state index contributed by atoms with van der Waals surface area (Å²) in [6.45, 7) is 2.02. The van der Waals surface area contributed by atoms with Crippen LogP contribution in [0.5, 0.6) is 0 Å². The molecule has 144 valence electrons. The first-order valence-corrected chi connectivity index (χ1v) is 9.50. The SMILES string of the molecule is Cc1ccccc1-n1c(S/C=C/c2ccc([N+](=O)[O-])o2)nnc1-c1cccnc1. The Kier molecular flexibility index (Phi) is 5.21. The molecule has 0 fully saturated rings. The molecule has 4 rings (SSSR count). The van der Waals surface area contributed by atoms with E-state index < -0.39 is 4.92 Å². The molecule has 4 aromatic rings. The van der Waals surface area contributed by atoms with Crippen LogP contribution in [0.25, 0.3) is 23.2 Å². The third-order valence-corrected chi connectivity index (χ3v) is 4.85. The molecule has 29 heavy (non-hydrogen) atoms. The summed E-state index contributed by atoms with van der Waals surface area (Å²) in [6, 6.07) is 14.6. The third-order valence-electron chi connectivity index (χ3n) is 4.11. The van der Waals surface area contributed by atoms with Crippen LogP contribution in [0.2, 0.25) is 0 Å². The highest BCUT2D eigenvalue weighted by Crippen LogP contribution is 2.30. The molecule has 3 heterocycles. The molecule has 0 spiro atoms. The van der Waals surface area contributed by atoms with Crippen LogP contribution >= 0.6 is 11.8 Å². The molecule has 0 radical (unpaired) electrons. The lowest BCUT2D eigenvalue weighted by Gasteiger charge is -2.11. The zero-order valence-electron chi connectivity index (χ0n) is 15.3. The van der Waals surface area contributed by atoms with Crippen molar-refractivity contribution in [2.75, 3.05) is 0 Å². The molecule has 0 atom stereocenters. The van der Waals surface area contributed by atoms with Gasteiger partial charge >= 0.3 is 5.88 Å². The smallest absolute Gasteiger partial charge is 0.401 e. The highest BCUT2D eigenvalue weighted by molar-refractivity contribution is 8.02. The summed E-state index contributed by atoms with van der Waals surface area (Å²) in [7, 11) is 0. The van der Waals surface area contributed by atoms with Gasteiger partial charge in [0.05, 0.1) is 11.8 Å². The van der Waals surface area contributed by atoms with E-state index in [1.807, 2.05) is 47.9 Å². The lowest BCUT2D eigenvalue weighted by Crippen LogP contribution is -2.01. The van der Waals surface area contributed by atoms with Crippen molar-refractivity contribution in [3.63, 3.8) is 0 Å². The van der Waals surface area contributed by atoms with Crippen molar-refractivity contribution in [3.05, 3.63) is 87.8 Å². The Morgan fingerprint density at radius 1 is 1.14 bits per heavy atom. The van der Waals surface area contributed by atoms with E-state index in [2.05, 4.69) is 15.2 Å². The summed E-state index contributed by atoms with van der Waals surface area (Å²) in [5.74, 6) is 0.771. The number of furan rings is 1. The first kappa shape index (κ1) is 18.6. The summed E-state index contributed by atoms with van der Waals surface area (Å²) < 4.78 is 7.11. The average Bonchev–Trinajstić information content (AvgIpc) is 3.37. The van der Waals surface area contributed by atoms with E-state index in [-0.39, 0.29) is 5.88 Å². The minimum absolute atomic E-state index is 0.295. The van der Waals surface area contributed by atoms with Gasteiger partial charge in [-0.05, 0) is 48.2 Å². The second kappa shape index (κ2) is 8.11. The lowest BCUT2D eigenvalue weighted by atomic mass is 10.2. The number of rotatable bonds is 6. The van der Waals surface area contributed by atoms with E-state index in [1.54, 1.807) is 29.9 Å². The fourth-order valence-electron chi connectivity index (χ4n) is 2.75. The van der Waals surface area contributed by atoms with Crippen LogP contribution in [0.3, 0.4) is 0 Å². The Hall–Kier alpha value is -3.72. The maximum atomic E-state index is 10.7. The molecule has 3 aromatic heterocycles. The Labute approximate surface area is 170 Å². The van der Waals surface area contributed by atoms with Gasteiger partial charge < -0.3 is 4.42 Å². The molecule has 0 bridgehead atoms. The number of nitrogens with zero attached hydrogens (tertiary/aromatic N) is 5. The Balaban J connectivity index is 1.70. The van der Waals surface area contributed by atoms with E-state index >= 15 is 0 Å². The summed E-state index contributed by atoms with van der Waals surface area (Å²) in [5, 5.41) is 21.8. The van der Waals surface area contributed by atoms with Crippen molar-refractivity contribution in [1.29, 1.82) is 0 Å². The number of aryl methyl sites for hydroxylation is 1. The minimum atomic E-state index is -0.570. The van der Waals surface area contributed by atoms with Crippen molar-refractivity contribution >= 4 is 23.7 Å². The molecule has 0 saturated carbocycles. The predicted octanol–water partition coefficient (Wildman–Crippen LogP) is 4.90. The van der Waals surface area contributed by atoms with Gasteiger partial charge in [0.2, 0.25) is 0 Å². The number of hydrogen-bond donors (Lipinski definition) is 0. The van der Waals surface area contributed by atoms with Crippen LogP contribution in [0.15, 0.2) is 75.9 Å². The Bertz CT molecular complexity index is 1180. The number of benzene rings is 1. The quantitative estimate of drug-likeness (QED) is 0.255. The van der Waals surface area contributed by atoms with E-state index in [0.29, 0.717) is 16.7 Å². The number of para-hydroxylation sites is 1. The van der Waals surface area contributed by atoms with Crippen molar-refractivity contribution in [1.82, 2.24) is 19.7 Å². The second-order valence-electron chi connectivity index (χ2n) is 6.02. The minimum Gasteiger partial charge on any atom is -0.401 e. The molecule has 1 aromatic carbocycles. The zero-order valence-corrected chi connectivity index (χ0v) is 16.1. The van der Waals surface area contributed by atoms with Gasteiger partial charge in [0.15, 0.2) is 11.0 Å². The van der Waals surface area contributed by atoms with Gasteiger partial charge in [-0.3, -0.25) is 19.7 Å². The number of thioether (sulfide) groups is 1. The largest absolute Gasteiger partial charge is 0.433 e. The van der Waals surface area contributed by atoms with Gasteiger partial charge in [0, 0.05) is 18.0 Å². The predicted molar refractivity (Wildman–Crippen MR) is 110 cm³/mol. The molecule has 0 unspecified atom stereocenters. The van der Waals surface area contributed by atoms with Crippen LogP contribution in [-0.4, -0.2) is 24.7 Å². The van der Waals surface area contributed by atoms with Gasteiger partial charge in [-0.15, -0.1) is 10.2 Å². The van der Waals surface area contributed by atoms with E-state index in [1.165, 1.54) is 17.8 Å². The van der Waals surface area contributed by atoms with Crippen molar-refractivity contribution < 1.29 is 9.34 Å². The van der Waals surface area contributed by atoms with E-state index in [9.17, 15) is 10.1 Å². The fraction of sp³-hybridized carbons (Fsp3) is 0.0500. The first-order valence-electron chi connectivity index (χ1n) is 8.63.